The van der Waals surface area contributed by atoms with Crippen molar-refractivity contribution in [2.75, 3.05) is 6.54 Å². The summed E-state index contributed by atoms with van der Waals surface area (Å²) < 4.78 is 5.50. The van der Waals surface area contributed by atoms with E-state index in [4.69, 9.17) is 27.9 Å². The lowest BCUT2D eigenvalue weighted by atomic mass is 10.0. The third kappa shape index (κ3) is 6.27. The lowest BCUT2D eigenvalue weighted by Gasteiger charge is -2.07. The summed E-state index contributed by atoms with van der Waals surface area (Å²) in [4.78, 5) is 36.7. The zero-order valence-electron chi connectivity index (χ0n) is 18.7. The second kappa shape index (κ2) is 11.5. The standard InChI is InChI=1S/C27H19Cl2N3O4/c28-23-13-10-19(14-24(23)29)26(34)30-16-25(33)32-31-15-17-8-11-20(12-9-17)36-27(35)22-7-3-5-18-4-1-2-6-21(18)22/h1-15H,16H2,(H,30,34)(H,32,33)/b31-15-. The Kier molecular flexibility index (Phi) is 7.95. The Morgan fingerprint density at radius 1 is 0.861 bits per heavy atom. The fourth-order valence-corrected chi connectivity index (χ4v) is 3.60. The Balaban J connectivity index is 1.27. The predicted octanol–water partition coefficient (Wildman–Crippen LogP) is 5.25. The molecule has 0 radical (unpaired) electrons. The van der Waals surface area contributed by atoms with E-state index in [0.717, 1.165) is 10.8 Å². The van der Waals surface area contributed by atoms with Gasteiger partial charge in [-0.25, -0.2) is 10.2 Å². The molecule has 4 aromatic rings. The van der Waals surface area contributed by atoms with Crippen molar-refractivity contribution in [3.05, 3.63) is 112 Å². The lowest BCUT2D eigenvalue weighted by Crippen LogP contribution is -2.34. The molecule has 0 aliphatic rings. The summed E-state index contributed by atoms with van der Waals surface area (Å²) in [6.45, 7) is -0.278. The smallest absolute Gasteiger partial charge is 0.344 e. The van der Waals surface area contributed by atoms with E-state index in [9.17, 15) is 14.4 Å². The molecule has 0 atom stereocenters. The van der Waals surface area contributed by atoms with Crippen LogP contribution in [0.25, 0.3) is 10.8 Å². The first-order chi connectivity index (χ1) is 17.4. The molecule has 0 fully saturated rings. The summed E-state index contributed by atoms with van der Waals surface area (Å²) in [7, 11) is 0. The van der Waals surface area contributed by atoms with Gasteiger partial charge in [0.05, 0.1) is 28.4 Å². The molecule has 9 heteroatoms. The average Bonchev–Trinajstić information content (AvgIpc) is 2.89. The van der Waals surface area contributed by atoms with Crippen molar-refractivity contribution in [2.45, 2.75) is 0 Å². The van der Waals surface area contributed by atoms with Crippen molar-refractivity contribution in [3.8, 4) is 5.75 Å². The topological polar surface area (TPSA) is 96.9 Å². The highest BCUT2D eigenvalue weighted by Crippen LogP contribution is 2.23. The highest BCUT2D eigenvalue weighted by atomic mass is 35.5. The van der Waals surface area contributed by atoms with E-state index >= 15 is 0 Å². The van der Waals surface area contributed by atoms with Crippen LogP contribution in [0.1, 0.15) is 26.3 Å². The van der Waals surface area contributed by atoms with Gasteiger partial charge in [-0.05, 0) is 64.9 Å². The Morgan fingerprint density at radius 3 is 2.39 bits per heavy atom. The first-order valence-corrected chi connectivity index (χ1v) is 11.5. The number of benzene rings is 4. The predicted molar refractivity (Wildman–Crippen MR) is 140 cm³/mol. The quantitative estimate of drug-likeness (QED) is 0.151. The van der Waals surface area contributed by atoms with Crippen LogP contribution < -0.4 is 15.5 Å². The van der Waals surface area contributed by atoms with E-state index in [-0.39, 0.29) is 17.1 Å². The molecule has 4 rings (SSSR count). The number of esters is 1. The molecule has 0 bridgehead atoms. The molecule has 0 saturated carbocycles. The number of rotatable bonds is 7. The maximum Gasteiger partial charge on any atom is 0.344 e. The third-order valence-electron chi connectivity index (χ3n) is 5.09. The number of hydrogen-bond acceptors (Lipinski definition) is 5. The molecule has 7 nitrogen and oxygen atoms in total. The maximum atomic E-state index is 12.7. The van der Waals surface area contributed by atoms with Crippen LogP contribution in [0.5, 0.6) is 5.75 Å². The first kappa shape index (κ1) is 24.9. The molecule has 36 heavy (non-hydrogen) atoms. The van der Waals surface area contributed by atoms with Crippen LogP contribution in [0.15, 0.2) is 90.0 Å². The summed E-state index contributed by atoms with van der Waals surface area (Å²) in [6, 6.07) is 24.1. The van der Waals surface area contributed by atoms with Crippen LogP contribution >= 0.6 is 23.2 Å². The summed E-state index contributed by atoms with van der Waals surface area (Å²) >= 11 is 11.7. The van der Waals surface area contributed by atoms with Gasteiger partial charge in [-0.2, -0.15) is 5.10 Å². The molecule has 0 aliphatic carbocycles. The van der Waals surface area contributed by atoms with E-state index < -0.39 is 17.8 Å². The summed E-state index contributed by atoms with van der Waals surface area (Å²) in [5.74, 6) is -1.07. The van der Waals surface area contributed by atoms with Gasteiger partial charge in [0.1, 0.15) is 5.75 Å². The van der Waals surface area contributed by atoms with Crippen LogP contribution in [-0.4, -0.2) is 30.5 Å². The lowest BCUT2D eigenvalue weighted by molar-refractivity contribution is -0.120. The zero-order valence-corrected chi connectivity index (χ0v) is 20.2. The molecular weight excluding hydrogens is 501 g/mol. The minimum Gasteiger partial charge on any atom is -0.423 e. The van der Waals surface area contributed by atoms with Crippen molar-refractivity contribution in [1.82, 2.24) is 10.7 Å². The van der Waals surface area contributed by atoms with Gasteiger partial charge in [0.2, 0.25) is 0 Å². The number of carbonyl (C=O) groups is 3. The van der Waals surface area contributed by atoms with Crippen molar-refractivity contribution in [3.63, 3.8) is 0 Å². The number of ether oxygens (including phenoxy) is 1. The van der Waals surface area contributed by atoms with Gasteiger partial charge in [0.15, 0.2) is 0 Å². The number of fused-ring (bicyclic) bond motifs is 1. The van der Waals surface area contributed by atoms with E-state index in [1.54, 1.807) is 30.3 Å². The summed E-state index contributed by atoms with van der Waals surface area (Å²) in [5.41, 5.74) is 3.75. The maximum absolute atomic E-state index is 12.7. The fourth-order valence-electron chi connectivity index (χ4n) is 3.31. The van der Waals surface area contributed by atoms with Gasteiger partial charge in [0.25, 0.3) is 11.8 Å². The normalized spacial score (nSPS) is 10.8. The molecule has 0 spiro atoms. The Morgan fingerprint density at radius 2 is 1.61 bits per heavy atom. The number of nitrogens with zero attached hydrogens (tertiary/aromatic N) is 1. The van der Waals surface area contributed by atoms with Crippen LogP contribution in [0.2, 0.25) is 10.0 Å². The largest absolute Gasteiger partial charge is 0.423 e. The number of hydrogen-bond donors (Lipinski definition) is 2. The Hall–Kier alpha value is -4.20. The first-order valence-electron chi connectivity index (χ1n) is 10.8. The molecule has 0 unspecified atom stereocenters. The number of carbonyl (C=O) groups excluding carboxylic acids is 3. The SMILES string of the molecule is O=C(CNC(=O)c1ccc(Cl)c(Cl)c1)N/N=C\c1ccc(OC(=O)c2cccc3ccccc23)cc1. The molecule has 0 heterocycles. The number of hydrazone groups is 1. The molecule has 0 aliphatic heterocycles. The Bertz CT molecular complexity index is 1460. The van der Waals surface area contributed by atoms with Gasteiger partial charge in [-0.1, -0.05) is 59.6 Å². The Labute approximate surface area is 216 Å². The molecular formula is C27H19Cl2N3O4. The number of halogens is 2. The highest BCUT2D eigenvalue weighted by molar-refractivity contribution is 6.42. The van der Waals surface area contributed by atoms with Gasteiger partial charge in [0, 0.05) is 5.56 Å². The third-order valence-corrected chi connectivity index (χ3v) is 5.83. The van der Waals surface area contributed by atoms with Gasteiger partial charge < -0.3 is 10.1 Å². The van der Waals surface area contributed by atoms with Crippen LogP contribution in [0, 0.1) is 0 Å². The van der Waals surface area contributed by atoms with Crippen molar-refractivity contribution < 1.29 is 19.1 Å². The van der Waals surface area contributed by atoms with Crippen molar-refractivity contribution in [1.29, 1.82) is 0 Å². The van der Waals surface area contributed by atoms with Crippen molar-refractivity contribution >= 4 is 58.0 Å². The molecule has 0 saturated heterocycles. The second-order valence-electron chi connectivity index (χ2n) is 7.59. The average molecular weight is 520 g/mol. The molecule has 4 aromatic carbocycles. The number of nitrogens with one attached hydrogen (secondary N) is 2. The highest BCUT2D eigenvalue weighted by Gasteiger charge is 2.12. The van der Waals surface area contributed by atoms with Crippen LogP contribution in [0.3, 0.4) is 0 Å². The van der Waals surface area contributed by atoms with Crippen LogP contribution in [-0.2, 0) is 4.79 Å². The zero-order chi connectivity index (χ0) is 25.5. The molecule has 0 aromatic heterocycles. The second-order valence-corrected chi connectivity index (χ2v) is 8.40. The monoisotopic (exact) mass is 519 g/mol. The summed E-state index contributed by atoms with van der Waals surface area (Å²) in [5, 5.41) is 8.68. The van der Waals surface area contributed by atoms with E-state index in [0.29, 0.717) is 21.9 Å². The molecule has 2 amide bonds. The van der Waals surface area contributed by atoms with Crippen LogP contribution in [0.4, 0.5) is 0 Å². The van der Waals surface area contributed by atoms with Gasteiger partial charge in [-0.3, -0.25) is 9.59 Å². The van der Waals surface area contributed by atoms with E-state index in [1.807, 2.05) is 36.4 Å². The molecule has 2 N–H and O–H groups in total. The van der Waals surface area contributed by atoms with Gasteiger partial charge in [-0.15, -0.1) is 0 Å². The van der Waals surface area contributed by atoms with E-state index in [2.05, 4.69) is 15.8 Å². The van der Waals surface area contributed by atoms with Gasteiger partial charge >= 0.3 is 5.97 Å². The number of amides is 2. The molecule has 180 valence electrons. The summed E-state index contributed by atoms with van der Waals surface area (Å²) in [6.07, 6.45) is 1.43. The van der Waals surface area contributed by atoms with Crippen molar-refractivity contribution in [2.24, 2.45) is 5.10 Å². The minimum absolute atomic E-state index is 0.243. The van der Waals surface area contributed by atoms with E-state index in [1.165, 1.54) is 24.4 Å². The fraction of sp³-hybridized carbons (Fsp3) is 0.0370. The minimum atomic E-state index is -0.514.